The predicted octanol–water partition coefficient (Wildman–Crippen LogP) is 3.18. The van der Waals surface area contributed by atoms with Gasteiger partial charge in [0.1, 0.15) is 5.75 Å². The number of carboxylic acids is 1. The van der Waals surface area contributed by atoms with Crippen LogP contribution < -0.4 is 34.3 Å². The van der Waals surface area contributed by atoms with Crippen LogP contribution in [0.3, 0.4) is 0 Å². The summed E-state index contributed by atoms with van der Waals surface area (Å²) in [5, 5.41) is 10.2. The second kappa shape index (κ2) is 11.0. The van der Waals surface area contributed by atoms with Gasteiger partial charge < -0.3 is 11.3 Å². The number of hydrogen-bond acceptors (Lipinski definition) is 3. The van der Waals surface area contributed by atoms with Gasteiger partial charge in [-0.15, -0.1) is 0 Å². The number of aromatic nitrogens is 1. The van der Waals surface area contributed by atoms with Crippen LogP contribution in [0.25, 0.3) is 23.1 Å². The molecule has 0 aliphatic rings. The van der Waals surface area contributed by atoms with Crippen LogP contribution in [-0.2, 0) is 4.79 Å². The number of ether oxygens (including phenoxy) is 1. The van der Waals surface area contributed by atoms with E-state index in [2.05, 4.69) is 20.9 Å². The molecule has 28 heavy (non-hydrogen) atoms. The van der Waals surface area contributed by atoms with Crippen LogP contribution in [-0.4, -0.2) is 22.7 Å². The molecule has 0 aliphatic heterocycles. The van der Waals surface area contributed by atoms with E-state index < -0.39 is 5.97 Å². The Kier molecular flexibility index (Phi) is 8.99. The van der Waals surface area contributed by atoms with Crippen LogP contribution in [0.15, 0.2) is 53.0 Å². The molecule has 0 aliphatic carbocycles. The number of carboxylic acid groups (broad SMARTS) is 1. The summed E-state index contributed by atoms with van der Waals surface area (Å²) in [6, 6.07) is 15.5. The molecule has 0 saturated carbocycles. The first kappa shape index (κ1) is 22.9. The summed E-state index contributed by atoms with van der Waals surface area (Å²) < 4.78 is 6.59. The normalized spacial score (nSPS) is 10.8. The Morgan fingerprint density at radius 2 is 1.96 bits per heavy atom. The maximum atomic E-state index is 10.6. The molecule has 0 unspecified atom stereocenters. The number of rotatable bonds is 7. The SMILES string of the molecule is O=C(O)CCCOc1cc(C=Cc2ccc3ccc(Br)cc3n2)ccc1Cl.[H-].[Na+]. The topological polar surface area (TPSA) is 59.4 Å². The average Bonchev–Trinajstić information content (AvgIpc) is 2.64. The van der Waals surface area contributed by atoms with Crippen molar-refractivity contribution in [2.45, 2.75) is 12.8 Å². The minimum atomic E-state index is -0.837. The Bertz CT molecular complexity index is 1020. The van der Waals surface area contributed by atoms with Crippen molar-refractivity contribution in [3.8, 4) is 5.75 Å². The van der Waals surface area contributed by atoms with Crippen molar-refractivity contribution in [2.75, 3.05) is 6.61 Å². The van der Waals surface area contributed by atoms with Crippen molar-refractivity contribution in [2.24, 2.45) is 0 Å². The zero-order chi connectivity index (χ0) is 19.2. The Hall–Kier alpha value is -1.37. The van der Waals surface area contributed by atoms with Gasteiger partial charge in [0, 0.05) is 16.3 Å². The summed E-state index contributed by atoms with van der Waals surface area (Å²) in [6.07, 6.45) is 4.37. The van der Waals surface area contributed by atoms with E-state index in [1.54, 1.807) is 6.07 Å². The van der Waals surface area contributed by atoms with Gasteiger partial charge in [0.05, 0.1) is 22.8 Å². The number of carbonyl (C=O) groups is 1. The van der Waals surface area contributed by atoms with E-state index in [1.165, 1.54) is 0 Å². The maximum Gasteiger partial charge on any atom is 1.00 e. The molecule has 0 atom stereocenters. The Morgan fingerprint density at radius 3 is 2.75 bits per heavy atom. The van der Waals surface area contributed by atoms with Crippen LogP contribution >= 0.6 is 27.5 Å². The van der Waals surface area contributed by atoms with E-state index in [0.29, 0.717) is 23.8 Å². The Morgan fingerprint density at radius 1 is 1.18 bits per heavy atom. The molecular weight excluding hydrogens is 453 g/mol. The summed E-state index contributed by atoms with van der Waals surface area (Å²) >= 11 is 9.62. The predicted molar refractivity (Wildman–Crippen MR) is 113 cm³/mol. The summed E-state index contributed by atoms with van der Waals surface area (Å²) in [7, 11) is 0. The van der Waals surface area contributed by atoms with Crippen LogP contribution in [0, 0.1) is 0 Å². The number of fused-ring (bicyclic) bond motifs is 1. The van der Waals surface area contributed by atoms with Crippen molar-refractivity contribution in [1.29, 1.82) is 0 Å². The molecule has 0 bridgehead atoms. The monoisotopic (exact) mass is 469 g/mol. The third-order valence-electron chi connectivity index (χ3n) is 3.87. The van der Waals surface area contributed by atoms with Crippen molar-refractivity contribution in [3.05, 3.63) is 69.3 Å². The van der Waals surface area contributed by atoms with Crippen LogP contribution in [0.5, 0.6) is 5.75 Å². The number of pyridine rings is 1. The fourth-order valence-electron chi connectivity index (χ4n) is 2.52. The van der Waals surface area contributed by atoms with Gasteiger partial charge in [0.25, 0.3) is 0 Å². The first-order chi connectivity index (χ1) is 13.0. The molecule has 3 rings (SSSR count). The molecule has 7 heteroatoms. The molecular formula is C21H18BrClNNaO3. The minimum Gasteiger partial charge on any atom is -1.00 e. The maximum absolute atomic E-state index is 10.6. The van der Waals surface area contributed by atoms with Crippen molar-refractivity contribution < 1.29 is 45.6 Å². The van der Waals surface area contributed by atoms with Gasteiger partial charge in [-0.25, -0.2) is 4.98 Å². The van der Waals surface area contributed by atoms with Gasteiger partial charge in [0.2, 0.25) is 0 Å². The zero-order valence-electron chi connectivity index (χ0n) is 16.4. The second-order valence-electron chi connectivity index (χ2n) is 5.94. The molecule has 0 spiro atoms. The van der Waals surface area contributed by atoms with Gasteiger partial charge in [-0.3, -0.25) is 4.79 Å². The van der Waals surface area contributed by atoms with Gasteiger partial charge >= 0.3 is 35.5 Å². The van der Waals surface area contributed by atoms with E-state index in [1.807, 2.05) is 54.6 Å². The average molecular weight is 471 g/mol. The van der Waals surface area contributed by atoms with Crippen LogP contribution in [0.1, 0.15) is 25.5 Å². The summed E-state index contributed by atoms with van der Waals surface area (Å²) in [5.41, 5.74) is 2.69. The van der Waals surface area contributed by atoms with E-state index >= 15 is 0 Å². The van der Waals surface area contributed by atoms with Gasteiger partial charge in [-0.1, -0.05) is 51.8 Å². The molecule has 0 fully saturated rings. The molecule has 1 N–H and O–H groups in total. The number of nitrogens with zero attached hydrogens (tertiary/aromatic N) is 1. The standard InChI is InChI=1S/C21H17BrClNO3.Na.H/c22-16-7-5-15-6-9-17(24-19(15)13-16)8-3-14-4-10-18(23)20(12-14)27-11-1-2-21(25)26;;/h3-10,12-13H,1-2,11H2,(H,25,26);;/q;+1;-1. The molecule has 0 radical (unpaired) electrons. The summed E-state index contributed by atoms with van der Waals surface area (Å²) in [6.45, 7) is 0.306. The zero-order valence-corrected chi connectivity index (χ0v) is 19.7. The van der Waals surface area contributed by atoms with Crippen LogP contribution in [0.4, 0.5) is 0 Å². The van der Waals surface area contributed by atoms with Crippen molar-refractivity contribution in [1.82, 2.24) is 4.98 Å². The number of benzene rings is 2. The van der Waals surface area contributed by atoms with E-state index in [4.69, 9.17) is 21.4 Å². The molecule has 0 amide bonds. The third-order valence-corrected chi connectivity index (χ3v) is 4.68. The smallest absolute Gasteiger partial charge is 1.00 e. The molecule has 0 saturated heterocycles. The quantitative estimate of drug-likeness (QED) is 0.426. The molecule has 1 heterocycles. The number of aliphatic carboxylic acids is 1. The van der Waals surface area contributed by atoms with E-state index in [9.17, 15) is 4.79 Å². The van der Waals surface area contributed by atoms with E-state index in [-0.39, 0.29) is 37.4 Å². The van der Waals surface area contributed by atoms with Crippen molar-refractivity contribution in [3.63, 3.8) is 0 Å². The van der Waals surface area contributed by atoms with Crippen molar-refractivity contribution >= 4 is 56.6 Å². The number of halogens is 2. The Balaban J connectivity index is 0.00000210. The molecule has 3 aromatic rings. The molecule has 1 aromatic heterocycles. The molecule has 140 valence electrons. The largest absolute Gasteiger partial charge is 1.00 e. The van der Waals surface area contributed by atoms with Crippen LogP contribution in [0.2, 0.25) is 5.02 Å². The number of hydrogen-bond donors (Lipinski definition) is 1. The van der Waals surface area contributed by atoms with Gasteiger partial charge in [-0.2, -0.15) is 0 Å². The second-order valence-corrected chi connectivity index (χ2v) is 7.26. The van der Waals surface area contributed by atoms with Gasteiger partial charge in [-0.05, 0) is 48.4 Å². The summed E-state index contributed by atoms with van der Waals surface area (Å²) in [4.78, 5) is 15.2. The minimum absolute atomic E-state index is 0. The third kappa shape index (κ3) is 6.61. The summed E-state index contributed by atoms with van der Waals surface area (Å²) in [5.74, 6) is -0.295. The Labute approximate surface area is 200 Å². The van der Waals surface area contributed by atoms with E-state index in [0.717, 1.165) is 26.6 Å². The fraction of sp³-hybridized carbons (Fsp3) is 0.143. The first-order valence-corrected chi connectivity index (χ1v) is 9.57. The first-order valence-electron chi connectivity index (χ1n) is 8.40. The van der Waals surface area contributed by atoms with Gasteiger partial charge in [0.15, 0.2) is 0 Å². The molecule has 2 aromatic carbocycles. The fourth-order valence-corrected chi connectivity index (χ4v) is 3.04. The molecule has 4 nitrogen and oxygen atoms in total.